The van der Waals surface area contributed by atoms with Crippen LogP contribution in [0, 0.1) is 6.92 Å². The SMILES string of the molecule is CCOc1ccc(C)cc1CCCCC=O. The number of hydrogen-bond donors (Lipinski definition) is 0. The summed E-state index contributed by atoms with van der Waals surface area (Å²) in [5.41, 5.74) is 2.52. The Kier molecular flexibility index (Phi) is 5.62. The Balaban J connectivity index is 2.60. The van der Waals surface area contributed by atoms with Gasteiger partial charge in [0.15, 0.2) is 0 Å². The highest BCUT2D eigenvalue weighted by molar-refractivity contribution is 5.49. The summed E-state index contributed by atoms with van der Waals surface area (Å²) in [7, 11) is 0. The van der Waals surface area contributed by atoms with E-state index in [1.165, 1.54) is 11.1 Å². The van der Waals surface area contributed by atoms with Crippen LogP contribution in [0.5, 0.6) is 5.75 Å². The van der Waals surface area contributed by atoms with Gasteiger partial charge >= 0.3 is 0 Å². The molecule has 0 unspecified atom stereocenters. The third-order valence-corrected chi connectivity index (χ3v) is 2.53. The monoisotopic (exact) mass is 220 g/mol. The summed E-state index contributed by atoms with van der Waals surface area (Å²) in [6, 6.07) is 6.28. The van der Waals surface area contributed by atoms with E-state index in [0.29, 0.717) is 13.0 Å². The Bertz CT molecular complexity index is 332. The Labute approximate surface area is 97.6 Å². The molecule has 0 radical (unpaired) electrons. The molecule has 2 heteroatoms. The second-order valence-corrected chi connectivity index (χ2v) is 3.96. The van der Waals surface area contributed by atoms with Crippen LogP contribution in [-0.2, 0) is 11.2 Å². The zero-order valence-electron chi connectivity index (χ0n) is 10.2. The summed E-state index contributed by atoms with van der Waals surface area (Å²) >= 11 is 0. The lowest BCUT2D eigenvalue weighted by molar-refractivity contribution is -0.107. The predicted octanol–water partition coefficient (Wildman–Crippen LogP) is 3.31. The third kappa shape index (κ3) is 4.05. The van der Waals surface area contributed by atoms with Crippen LogP contribution in [0.25, 0.3) is 0 Å². The van der Waals surface area contributed by atoms with Crippen molar-refractivity contribution in [2.75, 3.05) is 6.61 Å². The quantitative estimate of drug-likeness (QED) is 0.520. The van der Waals surface area contributed by atoms with Gasteiger partial charge < -0.3 is 9.53 Å². The van der Waals surface area contributed by atoms with Crippen molar-refractivity contribution in [2.45, 2.75) is 39.5 Å². The first-order valence-electron chi connectivity index (χ1n) is 5.94. The van der Waals surface area contributed by atoms with E-state index in [4.69, 9.17) is 4.74 Å². The first-order chi connectivity index (χ1) is 7.77. The van der Waals surface area contributed by atoms with Crippen molar-refractivity contribution < 1.29 is 9.53 Å². The van der Waals surface area contributed by atoms with Gasteiger partial charge in [-0.3, -0.25) is 0 Å². The van der Waals surface area contributed by atoms with Crippen LogP contribution in [0.2, 0.25) is 0 Å². The lowest BCUT2D eigenvalue weighted by Gasteiger charge is -2.10. The van der Waals surface area contributed by atoms with E-state index in [2.05, 4.69) is 19.1 Å². The molecule has 88 valence electrons. The van der Waals surface area contributed by atoms with Gasteiger partial charge in [0.25, 0.3) is 0 Å². The molecule has 0 saturated heterocycles. The van der Waals surface area contributed by atoms with E-state index in [1.54, 1.807) is 0 Å². The number of aldehydes is 1. The van der Waals surface area contributed by atoms with Crippen LogP contribution < -0.4 is 4.74 Å². The minimum absolute atomic E-state index is 0.662. The van der Waals surface area contributed by atoms with Gasteiger partial charge in [0, 0.05) is 6.42 Å². The fourth-order valence-electron chi connectivity index (χ4n) is 1.74. The van der Waals surface area contributed by atoms with Gasteiger partial charge in [-0.25, -0.2) is 0 Å². The molecule has 1 rings (SSSR count). The van der Waals surface area contributed by atoms with Crippen molar-refractivity contribution in [2.24, 2.45) is 0 Å². The molecule has 2 nitrogen and oxygen atoms in total. The van der Waals surface area contributed by atoms with E-state index in [0.717, 1.165) is 31.3 Å². The van der Waals surface area contributed by atoms with Gasteiger partial charge in [-0.15, -0.1) is 0 Å². The zero-order chi connectivity index (χ0) is 11.8. The lowest BCUT2D eigenvalue weighted by atomic mass is 10.0. The average Bonchev–Trinajstić information content (AvgIpc) is 2.28. The summed E-state index contributed by atoms with van der Waals surface area (Å²) in [4.78, 5) is 10.2. The maximum atomic E-state index is 10.2. The largest absolute Gasteiger partial charge is 0.494 e. The van der Waals surface area contributed by atoms with Crippen LogP contribution in [0.15, 0.2) is 18.2 Å². The van der Waals surface area contributed by atoms with Gasteiger partial charge in [0.05, 0.1) is 6.61 Å². The minimum atomic E-state index is 0.662. The van der Waals surface area contributed by atoms with Crippen molar-refractivity contribution >= 4 is 6.29 Å². The second kappa shape index (κ2) is 7.04. The normalized spacial score (nSPS) is 10.1. The molecule has 0 bridgehead atoms. The Morgan fingerprint density at radius 1 is 1.31 bits per heavy atom. The van der Waals surface area contributed by atoms with Crippen molar-refractivity contribution in [1.82, 2.24) is 0 Å². The van der Waals surface area contributed by atoms with Crippen molar-refractivity contribution in [3.8, 4) is 5.75 Å². The van der Waals surface area contributed by atoms with Crippen LogP contribution in [0.3, 0.4) is 0 Å². The average molecular weight is 220 g/mol. The molecule has 0 heterocycles. The fraction of sp³-hybridized carbons (Fsp3) is 0.500. The Hall–Kier alpha value is -1.31. The van der Waals surface area contributed by atoms with Gasteiger partial charge in [0.2, 0.25) is 0 Å². The molecule has 0 aliphatic carbocycles. The molecule has 0 amide bonds. The maximum Gasteiger partial charge on any atom is 0.122 e. The molecule has 0 atom stereocenters. The molecule has 0 N–H and O–H groups in total. The molecule has 1 aromatic carbocycles. The number of carbonyl (C=O) groups excluding carboxylic acids is 1. The Morgan fingerprint density at radius 3 is 2.81 bits per heavy atom. The highest BCUT2D eigenvalue weighted by Gasteiger charge is 2.03. The second-order valence-electron chi connectivity index (χ2n) is 3.96. The fourth-order valence-corrected chi connectivity index (χ4v) is 1.74. The van der Waals surface area contributed by atoms with Crippen LogP contribution in [0.1, 0.15) is 37.3 Å². The molecule has 0 aromatic heterocycles. The van der Waals surface area contributed by atoms with E-state index in [9.17, 15) is 4.79 Å². The molecule has 0 saturated carbocycles. The molecule has 16 heavy (non-hydrogen) atoms. The van der Waals surface area contributed by atoms with E-state index in [1.807, 2.05) is 13.0 Å². The minimum Gasteiger partial charge on any atom is -0.494 e. The molecule has 0 aliphatic rings. The number of ether oxygens (including phenoxy) is 1. The molecule has 1 aromatic rings. The van der Waals surface area contributed by atoms with Gasteiger partial charge in [-0.05, 0) is 44.7 Å². The third-order valence-electron chi connectivity index (χ3n) is 2.53. The Morgan fingerprint density at radius 2 is 2.12 bits per heavy atom. The number of unbranched alkanes of at least 4 members (excludes halogenated alkanes) is 2. The molecular formula is C14H20O2. The maximum absolute atomic E-state index is 10.2. The summed E-state index contributed by atoms with van der Waals surface area (Å²) in [6.07, 6.45) is 4.64. The van der Waals surface area contributed by atoms with Crippen LogP contribution in [0.4, 0.5) is 0 Å². The highest BCUT2D eigenvalue weighted by Crippen LogP contribution is 2.22. The summed E-state index contributed by atoms with van der Waals surface area (Å²) in [5.74, 6) is 0.985. The number of rotatable bonds is 7. The van der Waals surface area contributed by atoms with Gasteiger partial charge in [-0.2, -0.15) is 0 Å². The number of carbonyl (C=O) groups is 1. The van der Waals surface area contributed by atoms with E-state index in [-0.39, 0.29) is 0 Å². The number of benzene rings is 1. The van der Waals surface area contributed by atoms with Crippen LogP contribution >= 0.6 is 0 Å². The van der Waals surface area contributed by atoms with Crippen molar-refractivity contribution in [3.63, 3.8) is 0 Å². The summed E-state index contributed by atoms with van der Waals surface area (Å²) in [5, 5.41) is 0. The van der Waals surface area contributed by atoms with Gasteiger partial charge in [0.1, 0.15) is 12.0 Å². The van der Waals surface area contributed by atoms with Gasteiger partial charge in [-0.1, -0.05) is 17.7 Å². The molecular weight excluding hydrogens is 200 g/mol. The molecule has 0 aliphatic heterocycles. The standard InChI is InChI=1S/C14H20O2/c1-3-16-14-9-8-12(2)11-13(14)7-5-4-6-10-15/h8-11H,3-7H2,1-2H3. The number of aryl methyl sites for hydroxylation is 2. The molecule has 0 spiro atoms. The first kappa shape index (κ1) is 12.8. The van der Waals surface area contributed by atoms with Crippen LogP contribution in [-0.4, -0.2) is 12.9 Å². The van der Waals surface area contributed by atoms with Crippen molar-refractivity contribution in [3.05, 3.63) is 29.3 Å². The first-order valence-corrected chi connectivity index (χ1v) is 5.94. The highest BCUT2D eigenvalue weighted by atomic mass is 16.5. The lowest BCUT2D eigenvalue weighted by Crippen LogP contribution is -1.97. The number of hydrogen-bond acceptors (Lipinski definition) is 2. The summed E-state index contributed by atoms with van der Waals surface area (Å²) in [6.45, 7) is 4.78. The zero-order valence-corrected chi connectivity index (χ0v) is 10.2. The predicted molar refractivity (Wildman–Crippen MR) is 66.0 cm³/mol. The van der Waals surface area contributed by atoms with E-state index >= 15 is 0 Å². The summed E-state index contributed by atoms with van der Waals surface area (Å²) < 4.78 is 5.58. The van der Waals surface area contributed by atoms with Crippen molar-refractivity contribution in [1.29, 1.82) is 0 Å². The van der Waals surface area contributed by atoms with E-state index < -0.39 is 0 Å². The topological polar surface area (TPSA) is 26.3 Å². The smallest absolute Gasteiger partial charge is 0.122 e. The molecule has 0 fully saturated rings.